The molecule has 1 N–H and O–H groups in total. The monoisotopic (exact) mass is 417 g/mol. The van der Waals surface area contributed by atoms with E-state index in [0.29, 0.717) is 11.3 Å². The molecule has 6 nitrogen and oxygen atoms in total. The highest BCUT2D eigenvalue weighted by Crippen LogP contribution is 2.41. The molecule has 1 aromatic heterocycles. The van der Waals surface area contributed by atoms with Crippen molar-refractivity contribution in [2.24, 2.45) is 5.10 Å². The summed E-state index contributed by atoms with van der Waals surface area (Å²) in [5, 5.41) is 5.01. The Morgan fingerprint density at radius 2 is 2.03 bits per heavy atom. The van der Waals surface area contributed by atoms with Crippen LogP contribution in [0, 0.1) is 0 Å². The molecule has 2 heterocycles. The number of rotatable bonds is 5. The molecule has 0 atom stereocenters. The van der Waals surface area contributed by atoms with Crippen molar-refractivity contribution in [2.75, 3.05) is 18.6 Å². The van der Waals surface area contributed by atoms with E-state index in [1.54, 1.807) is 19.4 Å². The summed E-state index contributed by atoms with van der Waals surface area (Å²) in [5.74, 6) is 0.513. The van der Waals surface area contributed by atoms with Crippen LogP contribution in [-0.4, -0.2) is 31.3 Å². The van der Waals surface area contributed by atoms with Crippen LogP contribution in [0.3, 0.4) is 0 Å². The van der Waals surface area contributed by atoms with Crippen LogP contribution < -0.4 is 15.1 Å². The fourth-order valence-corrected chi connectivity index (χ4v) is 4.29. The second kappa shape index (κ2) is 7.95. The fraction of sp³-hybridized carbons (Fsp3) is 0.280. The van der Waals surface area contributed by atoms with Crippen molar-refractivity contribution in [2.45, 2.75) is 33.2 Å². The van der Waals surface area contributed by atoms with E-state index < -0.39 is 5.91 Å². The zero-order valence-electron chi connectivity index (χ0n) is 18.5. The van der Waals surface area contributed by atoms with Crippen LogP contribution >= 0.6 is 0 Å². The molecule has 1 aliphatic rings. The van der Waals surface area contributed by atoms with Gasteiger partial charge in [0, 0.05) is 34.8 Å². The lowest BCUT2D eigenvalue weighted by atomic mass is 9.88. The number of amides is 1. The summed E-state index contributed by atoms with van der Waals surface area (Å²) in [6.45, 7) is 9.56. The number of hydrogen-bond donors (Lipinski definition) is 1. The zero-order chi connectivity index (χ0) is 22.2. The Morgan fingerprint density at radius 1 is 1.26 bits per heavy atom. The first kappa shape index (κ1) is 20.7. The maximum atomic E-state index is 12.4. The molecular formula is C25H27N3O3. The van der Waals surface area contributed by atoms with Gasteiger partial charge < -0.3 is 14.1 Å². The van der Waals surface area contributed by atoms with Gasteiger partial charge in [-0.05, 0) is 51.5 Å². The van der Waals surface area contributed by atoms with Crippen LogP contribution in [0.5, 0.6) is 5.75 Å². The topological polar surface area (TPSA) is 67.1 Å². The molecule has 0 saturated carbocycles. The predicted octanol–water partition coefficient (Wildman–Crippen LogP) is 5.23. The van der Waals surface area contributed by atoms with Crippen molar-refractivity contribution in [1.82, 2.24) is 5.43 Å². The van der Waals surface area contributed by atoms with Gasteiger partial charge in [0.25, 0.3) is 0 Å². The first-order chi connectivity index (χ1) is 14.8. The molecule has 0 spiro atoms. The Morgan fingerprint density at radius 3 is 2.74 bits per heavy atom. The van der Waals surface area contributed by atoms with Crippen LogP contribution in [0.4, 0.5) is 5.69 Å². The highest BCUT2D eigenvalue weighted by Gasteiger charge is 2.31. The summed E-state index contributed by atoms with van der Waals surface area (Å²) < 4.78 is 11.2. The van der Waals surface area contributed by atoms with Crippen LogP contribution in [0.15, 0.2) is 58.1 Å². The van der Waals surface area contributed by atoms with E-state index in [4.69, 9.17) is 9.15 Å². The number of nitrogens with zero attached hydrogens (tertiary/aromatic N) is 2. The number of allylic oxidation sites excluding steroid dienone is 1. The lowest BCUT2D eigenvalue weighted by Gasteiger charge is -2.43. The highest BCUT2D eigenvalue weighted by atomic mass is 16.5. The van der Waals surface area contributed by atoms with E-state index in [1.807, 2.05) is 30.3 Å². The second-order valence-electron chi connectivity index (χ2n) is 8.18. The molecule has 1 aliphatic heterocycles. The standard InChI is InChI=1S/C25H27N3O3/c1-6-28-20-13-22(30-5)18(11-19(20)16(2)14-25(28,3)4)15-26-27-24(29)23-12-17-9-7-8-10-21(17)31-23/h7-15H,6H2,1-5H3,(H,27,29)/b26-15+. The molecule has 1 amide bonds. The number of fused-ring (bicyclic) bond motifs is 2. The van der Waals surface area contributed by atoms with Gasteiger partial charge in [0.15, 0.2) is 5.76 Å². The van der Waals surface area contributed by atoms with Gasteiger partial charge in [0.1, 0.15) is 11.3 Å². The number of hydrazone groups is 1. The summed E-state index contributed by atoms with van der Waals surface area (Å²) in [7, 11) is 1.64. The molecular weight excluding hydrogens is 390 g/mol. The molecule has 4 rings (SSSR count). The van der Waals surface area contributed by atoms with Gasteiger partial charge in [-0.2, -0.15) is 5.10 Å². The van der Waals surface area contributed by atoms with Gasteiger partial charge in [-0.1, -0.05) is 24.3 Å². The van der Waals surface area contributed by atoms with Gasteiger partial charge in [-0.15, -0.1) is 0 Å². The maximum absolute atomic E-state index is 12.4. The summed E-state index contributed by atoms with van der Waals surface area (Å²) in [5.41, 5.74) is 7.38. The third-order valence-corrected chi connectivity index (χ3v) is 5.66. The predicted molar refractivity (Wildman–Crippen MR) is 125 cm³/mol. The molecule has 0 bridgehead atoms. The Balaban J connectivity index is 1.60. The van der Waals surface area contributed by atoms with E-state index in [2.05, 4.69) is 55.3 Å². The number of hydrogen-bond acceptors (Lipinski definition) is 5. The number of para-hydroxylation sites is 1. The van der Waals surface area contributed by atoms with E-state index >= 15 is 0 Å². The molecule has 0 unspecified atom stereocenters. The van der Waals surface area contributed by atoms with Crippen molar-refractivity contribution in [3.8, 4) is 5.75 Å². The van der Waals surface area contributed by atoms with Gasteiger partial charge in [0.2, 0.25) is 0 Å². The summed E-state index contributed by atoms with van der Waals surface area (Å²) in [6.07, 6.45) is 3.87. The highest BCUT2D eigenvalue weighted by molar-refractivity contribution is 5.97. The third-order valence-electron chi connectivity index (χ3n) is 5.66. The first-order valence-electron chi connectivity index (χ1n) is 10.4. The van der Waals surface area contributed by atoms with Crippen LogP contribution in [-0.2, 0) is 0 Å². The molecule has 6 heteroatoms. The zero-order valence-corrected chi connectivity index (χ0v) is 18.5. The molecule has 3 aromatic rings. The first-order valence-corrected chi connectivity index (χ1v) is 10.4. The number of carbonyl (C=O) groups is 1. The Kier molecular flexibility index (Phi) is 5.31. The van der Waals surface area contributed by atoms with Crippen molar-refractivity contribution >= 4 is 34.4 Å². The molecule has 0 fully saturated rings. The minimum atomic E-state index is -0.403. The van der Waals surface area contributed by atoms with E-state index in [9.17, 15) is 4.79 Å². The quantitative estimate of drug-likeness (QED) is 0.456. The normalized spacial score (nSPS) is 15.1. The Labute approximate surface area is 182 Å². The van der Waals surface area contributed by atoms with Crippen molar-refractivity contribution < 1.29 is 13.9 Å². The number of nitrogens with one attached hydrogen (secondary N) is 1. The maximum Gasteiger partial charge on any atom is 0.307 e. The summed E-state index contributed by atoms with van der Waals surface area (Å²) in [4.78, 5) is 14.8. The van der Waals surface area contributed by atoms with Crippen LogP contribution in [0.2, 0.25) is 0 Å². The van der Waals surface area contributed by atoms with Gasteiger partial charge >= 0.3 is 5.91 Å². The lowest BCUT2D eigenvalue weighted by molar-refractivity contribution is 0.0929. The van der Waals surface area contributed by atoms with Gasteiger partial charge in [-0.3, -0.25) is 4.79 Å². The van der Waals surface area contributed by atoms with Gasteiger partial charge in [0.05, 0.1) is 18.9 Å². The minimum Gasteiger partial charge on any atom is -0.496 e. The average Bonchev–Trinajstić information content (AvgIpc) is 3.17. The van der Waals surface area contributed by atoms with Crippen molar-refractivity contribution in [1.29, 1.82) is 0 Å². The minimum absolute atomic E-state index is 0.0764. The second-order valence-corrected chi connectivity index (χ2v) is 8.18. The van der Waals surface area contributed by atoms with E-state index in [0.717, 1.165) is 28.7 Å². The number of likely N-dealkylation sites (N-methyl/N-ethyl adjacent to an activating group) is 1. The SMILES string of the molecule is CCN1c2cc(OC)c(/C=N/NC(=O)c3cc4ccccc4o3)cc2C(C)=CC1(C)C. The molecule has 160 valence electrons. The third kappa shape index (κ3) is 3.81. The van der Waals surface area contributed by atoms with E-state index in [1.165, 1.54) is 5.57 Å². The summed E-state index contributed by atoms with van der Waals surface area (Å²) in [6, 6.07) is 13.3. The van der Waals surface area contributed by atoms with Crippen LogP contribution in [0.25, 0.3) is 16.5 Å². The van der Waals surface area contributed by atoms with Crippen LogP contribution in [0.1, 0.15) is 49.4 Å². The largest absolute Gasteiger partial charge is 0.496 e. The number of ether oxygens (including phenoxy) is 1. The summed E-state index contributed by atoms with van der Waals surface area (Å²) >= 11 is 0. The number of furan rings is 1. The number of methoxy groups -OCH3 is 1. The smallest absolute Gasteiger partial charge is 0.307 e. The number of anilines is 1. The Bertz CT molecular complexity index is 1170. The number of benzene rings is 2. The molecule has 0 radical (unpaired) electrons. The van der Waals surface area contributed by atoms with E-state index in [-0.39, 0.29) is 11.3 Å². The van der Waals surface area contributed by atoms with Crippen molar-refractivity contribution in [3.05, 3.63) is 65.4 Å². The lowest BCUT2D eigenvalue weighted by Crippen LogP contribution is -2.44. The molecule has 31 heavy (non-hydrogen) atoms. The molecule has 0 saturated heterocycles. The Hall–Kier alpha value is -3.54. The number of carbonyl (C=O) groups excluding carboxylic acids is 1. The average molecular weight is 418 g/mol. The van der Waals surface area contributed by atoms with Crippen molar-refractivity contribution in [3.63, 3.8) is 0 Å². The molecule has 2 aromatic carbocycles. The fourth-order valence-electron chi connectivity index (χ4n) is 4.29. The van der Waals surface area contributed by atoms with Gasteiger partial charge in [-0.25, -0.2) is 5.43 Å². The molecule has 0 aliphatic carbocycles.